The maximum atomic E-state index is 13.6. The lowest BCUT2D eigenvalue weighted by atomic mass is 9.98. The summed E-state index contributed by atoms with van der Waals surface area (Å²) in [5.74, 6) is -1.77. The van der Waals surface area contributed by atoms with Crippen molar-refractivity contribution in [3.8, 4) is 0 Å². The third-order valence-electron chi connectivity index (χ3n) is 7.29. The van der Waals surface area contributed by atoms with E-state index in [0.29, 0.717) is 0 Å². The average Bonchev–Trinajstić information content (AvgIpc) is 2.95. The van der Waals surface area contributed by atoms with Crippen LogP contribution in [0.15, 0.2) is 42.5 Å². The molecule has 0 aliphatic heterocycles. The van der Waals surface area contributed by atoms with Gasteiger partial charge in [0, 0.05) is 0 Å². The second kappa shape index (κ2) is 15.8. The van der Waals surface area contributed by atoms with Gasteiger partial charge in [-0.15, -0.1) is 0 Å². The molecule has 0 fully saturated rings. The van der Waals surface area contributed by atoms with Crippen molar-refractivity contribution in [3.05, 3.63) is 53.3 Å². The quantitative estimate of drug-likeness (QED) is 0.167. The molecule has 4 N–H and O–H groups in total. The highest BCUT2D eigenvalue weighted by molar-refractivity contribution is 6.28. The average molecular weight is 640 g/mol. The number of anilines is 2. The van der Waals surface area contributed by atoms with Crippen molar-refractivity contribution < 1.29 is 19.1 Å². The minimum atomic E-state index is -0.908. The van der Waals surface area contributed by atoms with Crippen molar-refractivity contribution >= 4 is 52.1 Å². The highest BCUT2D eigenvalue weighted by Gasteiger charge is 2.34. The van der Waals surface area contributed by atoms with Gasteiger partial charge < -0.3 is 26.0 Å². The number of ether oxygens (including phenoxy) is 1. The van der Waals surface area contributed by atoms with E-state index in [9.17, 15) is 14.4 Å². The first-order valence-corrected chi connectivity index (χ1v) is 15.8. The summed E-state index contributed by atoms with van der Waals surface area (Å²) in [7, 11) is 0. The number of hydrogen-bond acceptors (Lipinski definition) is 9. The van der Waals surface area contributed by atoms with E-state index in [1.54, 1.807) is 13.8 Å². The van der Waals surface area contributed by atoms with Gasteiger partial charge in [0.2, 0.25) is 29.0 Å². The van der Waals surface area contributed by atoms with Crippen LogP contribution in [0.3, 0.4) is 0 Å². The molecule has 1 heterocycles. The van der Waals surface area contributed by atoms with Crippen LogP contribution >= 0.6 is 11.6 Å². The fourth-order valence-electron chi connectivity index (χ4n) is 4.88. The van der Waals surface area contributed by atoms with Gasteiger partial charge in [-0.1, -0.05) is 84.0 Å². The van der Waals surface area contributed by atoms with E-state index in [0.717, 1.165) is 16.3 Å². The molecular formula is C33H46ClN7O4. The second-order valence-corrected chi connectivity index (χ2v) is 12.8. The number of esters is 1. The van der Waals surface area contributed by atoms with Crippen molar-refractivity contribution in [2.45, 2.75) is 92.6 Å². The Kier molecular flexibility index (Phi) is 12.5. The molecule has 0 aliphatic rings. The highest BCUT2D eigenvalue weighted by atomic mass is 35.5. The molecule has 4 atom stereocenters. The van der Waals surface area contributed by atoms with E-state index >= 15 is 0 Å². The Balaban J connectivity index is 1.77. The molecule has 45 heavy (non-hydrogen) atoms. The number of hydrogen-bond donors (Lipinski definition) is 4. The zero-order valence-corrected chi connectivity index (χ0v) is 28.3. The van der Waals surface area contributed by atoms with E-state index in [1.807, 2.05) is 72.7 Å². The second-order valence-electron chi connectivity index (χ2n) is 12.5. The molecule has 0 saturated carbocycles. The molecule has 2 aromatic carbocycles. The maximum Gasteiger partial charge on any atom is 0.329 e. The van der Waals surface area contributed by atoms with Crippen molar-refractivity contribution in [1.82, 2.24) is 25.6 Å². The molecule has 3 rings (SSSR count). The van der Waals surface area contributed by atoms with Gasteiger partial charge in [0.05, 0.1) is 12.1 Å². The molecule has 0 radical (unpaired) electrons. The number of carbonyl (C=O) groups is 3. The van der Waals surface area contributed by atoms with Gasteiger partial charge >= 0.3 is 5.97 Å². The van der Waals surface area contributed by atoms with Crippen LogP contribution < -0.4 is 21.3 Å². The number of fused-ring (bicyclic) bond motifs is 1. The van der Waals surface area contributed by atoms with E-state index in [2.05, 4.69) is 54.4 Å². The molecule has 0 unspecified atom stereocenters. The summed E-state index contributed by atoms with van der Waals surface area (Å²) in [6.45, 7) is 16.5. The lowest BCUT2D eigenvalue weighted by Gasteiger charge is -2.29. The first kappa shape index (κ1) is 35.5. The molecule has 0 saturated heterocycles. The topological polar surface area (TPSA) is 147 Å². The van der Waals surface area contributed by atoms with Gasteiger partial charge in [0.25, 0.3) is 0 Å². The van der Waals surface area contributed by atoms with Gasteiger partial charge in [-0.25, -0.2) is 4.79 Å². The lowest BCUT2D eigenvalue weighted by molar-refractivity contribution is -0.153. The van der Waals surface area contributed by atoms with Gasteiger partial charge in [-0.05, 0) is 66.5 Å². The van der Waals surface area contributed by atoms with E-state index in [4.69, 9.17) is 16.3 Å². The largest absolute Gasteiger partial charge is 0.461 e. The van der Waals surface area contributed by atoms with Gasteiger partial charge in [0.15, 0.2) is 0 Å². The fourth-order valence-corrected chi connectivity index (χ4v) is 5.04. The molecule has 0 aliphatic carbocycles. The number of amides is 2. The Morgan fingerprint density at radius 2 is 1.20 bits per heavy atom. The molecule has 2 amide bonds. The third kappa shape index (κ3) is 9.75. The Morgan fingerprint density at radius 1 is 0.667 bits per heavy atom. The molecule has 0 bridgehead atoms. The first-order valence-electron chi connectivity index (χ1n) is 15.4. The molecule has 244 valence electrons. The first-order chi connectivity index (χ1) is 21.2. The molecule has 1 aromatic heterocycles. The summed E-state index contributed by atoms with van der Waals surface area (Å²) >= 11 is 6.28. The summed E-state index contributed by atoms with van der Waals surface area (Å²) in [6.07, 6.45) is -0.324. The minimum absolute atomic E-state index is 0.0459. The van der Waals surface area contributed by atoms with Crippen LogP contribution in [0.4, 0.5) is 11.9 Å². The predicted octanol–water partition coefficient (Wildman–Crippen LogP) is 5.52. The monoisotopic (exact) mass is 639 g/mol. The molecular weight excluding hydrogens is 594 g/mol. The Morgan fingerprint density at radius 3 is 1.80 bits per heavy atom. The number of aromatic nitrogens is 3. The van der Waals surface area contributed by atoms with Crippen LogP contribution in [0, 0.1) is 17.8 Å². The van der Waals surface area contributed by atoms with Crippen molar-refractivity contribution in [2.75, 3.05) is 10.6 Å². The summed E-state index contributed by atoms with van der Waals surface area (Å²) in [5, 5.41) is 14.2. The van der Waals surface area contributed by atoms with Crippen LogP contribution in [0.5, 0.6) is 0 Å². The zero-order valence-electron chi connectivity index (χ0n) is 27.5. The number of rotatable bonds is 14. The minimum Gasteiger partial charge on any atom is -0.461 e. The van der Waals surface area contributed by atoms with Crippen molar-refractivity contribution in [3.63, 3.8) is 0 Å². The normalized spacial score (nSPS) is 14.3. The van der Waals surface area contributed by atoms with E-state index < -0.39 is 35.9 Å². The summed E-state index contributed by atoms with van der Waals surface area (Å²) in [5.41, 5.74) is 1.06. The van der Waals surface area contributed by atoms with Crippen LogP contribution in [0.1, 0.15) is 73.9 Å². The molecule has 3 aromatic rings. The Labute approximate surface area is 270 Å². The van der Waals surface area contributed by atoms with Crippen LogP contribution in [-0.2, 0) is 19.1 Å². The summed E-state index contributed by atoms with van der Waals surface area (Å²) in [4.78, 5) is 52.5. The smallest absolute Gasteiger partial charge is 0.329 e. The van der Waals surface area contributed by atoms with Crippen LogP contribution in [-0.4, -0.2) is 57.0 Å². The Bertz CT molecular complexity index is 1480. The number of nitrogens with zero attached hydrogens (tertiary/aromatic N) is 3. The summed E-state index contributed by atoms with van der Waals surface area (Å²) in [6, 6.07) is 11.5. The predicted molar refractivity (Wildman–Crippen MR) is 178 cm³/mol. The number of benzene rings is 2. The zero-order chi connectivity index (χ0) is 33.4. The van der Waals surface area contributed by atoms with Gasteiger partial charge in [-0.2, -0.15) is 15.0 Å². The van der Waals surface area contributed by atoms with Crippen molar-refractivity contribution in [2.24, 2.45) is 17.8 Å². The van der Waals surface area contributed by atoms with Gasteiger partial charge in [-0.3, -0.25) is 9.59 Å². The van der Waals surface area contributed by atoms with E-state index in [-0.39, 0.29) is 47.1 Å². The van der Waals surface area contributed by atoms with E-state index in [1.165, 1.54) is 0 Å². The van der Waals surface area contributed by atoms with Crippen LogP contribution in [0.2, 0.25) is 5.28 Å². The molecule has 11 nitrogen and oxygen atoms in total. The lowest BCUT2D eigenvalue weighted by Crippen LogP contribution is -2.57. The SMILES string of the molecule is CC(C)OC(=O)[C@@H](NC(=O)[C@@H](NC(=O)[C@@H](Nc1nc(Cl)nc(N[C@@H](C)c2cccc3ccccc23)n1)C(C)C)C(C)C)C(C)C. The number of halogens is 1. The summed E-state index contributed by atoms with van der Waals surface area (Å²) < 4.78 is 5.33. The number of carbonyl (C=O) groups excluding carboxylic acids is 3. The molecule has 0 spiro atoms. The van der Waals surface area contributed by atoms with Crippen LogP contribution in [0.25, 0.3) is 10.8 Å². The fraction of sp³-hybridized carbons (Fsp3) is 0.515. The highest BCUT2D eigenvalue weighted by Crippen LogP contribution is 2.26. The third-order valence-corrected chi connectivity index (χ3v) is 7.46. The maximum absolute atomic E-state index is 13.6. The van der Waals surface area contributed by atoms with Crippen molar-refractivity contribution in [1.29, 1.82) is 0 Å². The standard InChI is InChI=1S/C33H46ClN7O4/c1-17(2)25(28(42)37-27(19(5)6)30(44)45-20(7)8)36-29(43)26(18(3)4)38-33-40-31(34)39-32(41-33)35-21(9)23-16-12-14-22-13-10-11-15-24(22)23/h10-21,25-27H,1-9H3,(H,36,43)(H,37,42)(H2,35,38,39,40,41)/t21-,25-,26-,27-/m0/s1. The number of nitrogens with one attached hydrogen (secondary N) is 4. The Hall–Kier alpha value is -3.99. The van der Waals surface area contributed by atoms with Gasteiger partial charge in [0.1, 0.15) is 18.1 Å². The molecule has 12 heteroatoms.